The molecule has 2 aliphatic heterocycles. The third kappa shape index (κ3) is 13.0. The Morgan fingerprint density at radius 1 is 0.227 bits per heavy atom. The van der Waals surface area contributed by atoms with Crippen LogP contribution in [0.5, 0.6) is 0 Å². The van der Waals surface area contributed by atoms with E-state index in [0.717, 1.165) is 118 Å². The third-order valence-electron chi connectivity index (χ3n) is 25.2. The molecule has 0 saturated carbocycles. The molecule has 0 amide bonds. The molecule has 18 aromatic rings. The van der Waals surface area contributed by atoms with E-state index in [9.17, 15) is 0 Å². The van der Waals surface area contributed by atoms with Crippen LogP contribution in [-0.2, 0) is 16.2 Å². The summed E-state index contributed by atoms with van der Waals surface area (Å²) in [4.78, 5) is 5.49. The Kier molecular flexibility index (Phi) is 18.4. The Balaban J connectivity index is 1.00. The molecule has 0 radical (unpaired) electrons. The van der Waals surface area contributed by atoms with Gasteiger partial charge >= 0.3 is 0 Å². The highest BCUT2D eigenvalue weighted by molar-refractivity contribution is 7.20. The lowest BCUT2D eigenvalue weighted by molar-refractivity contribution is 0.590. The summed E-state index contributed by atoms with van der Waals surface area (Å²) in [7, 11) is -3.28. The molecule has 0 fully saturated rings. The molecule has 0 N–H and O–H groups in total. The predicted molar refractivity (Wildman–Crippen MR) is 513 cm³/mol. The molecule has 0 unspecified atom stereocenters. The molecular formula is C114H94BN3Si. The van der Waals surface area contributed by atoms with Crippen LogP contribution in [0.2, 0.25) is 0 Å². The van der Waals surface area contributed by atoms with Gasteiger partial charge in [0.2, 0.25) is 0 Å². The molecule has 1 aromatic heterocycles. The van der Waals surface area contributed by atoms with Gasteiger partial charge in [-0.15, -0.1) is 0 Å². The highest BCUT2D eigenvalue weighted by Crippen LogP contribution is 2.56. The maximum absolute atomic E-state index is 3.28. The Hall–Kier alpha value is -13.6. The minimum absolute atomic E-state index is 0.0888. The van der Waals surface area contributed by atoms with Gasteiger partial charge < -0.3 is 14.4 Å². The summed E-state index contributed by atoms with van der Waals surface area (Å²) in [5.74, 6) is 0. The molecule has 119 heavy (non-hydrogen) atoms. The Bertz CT molecular complexity index is 6560. The van der Waals surface area contributed by atoms with Crippen molar-refractivity contribution in [1.82, 2.24) is 4.57 Å². The lowest BCUT2D eigenvalue weighted by Crippen LogP contribution is -2.75. The van der Waals surface area contributed by atoms with E-state index in [2.05, 4.69) is 483 Å². The summed E-state index contributed by atoms with van der Waals surface area (Å²) in [6.45, 7) is 20.6. The number of anilines is 6. The molecular weight excluding hydrogens is 1450 g/mol. The van der Waals surface area contributed by atoms with Crippen LogP contribution >= 0.6 is 0 Å². The summed E-state index contributed by atoms with van der Waals surface area (Å²) in [6, 6.07) is 156. The first-order chi connectivity index (χ1) is 57.9. The molecule has 5 heteroatoms. The van der Waals surface area contributed by atoms with Crippen molar-refractivity contribution in [2.24, 2.45) is 0 Å². The zero-order chi connectivity index (χ0) is 80.9. The predicted octanol–water partition coefficient (Wildman–Crippen LogP) is 25.8. The van der Waals surface area contributed by atoms with E-state index in [1.54, 1.807) is 0 Å². The van der Waals surface area contributed by atoms with Crippen molar-refractivity contribution in [3.63, 3.8) is 0 Å². The van der Waals surface area contributed by atoms with Crippen molar-refractivity contribution in [2.75, 3.05) is 9.80 Å². The Labute approximate surface area is 702 Å². The monoisotopic (exact) mass is 1540 g/mol. The summed E-state index contributed by atoms with van der Waals surface area (Å²) in [6.07, 6.45) is 0. The number of hydrogen-bond donors (Lipinski definition) is 0. The molecule has 3 heterocycles. The second-order valence-corrected chi connectivity index (χ2v) is 39.4. The van der Waals surface area contributed by atoms with Gasteiger partial charge in [0.05, 0.1) is 22.4 Å². The van der Waals surface area contributed by atoms with Crippen LogP contribution in [-0.4, -0.2) is 19.4 Å². The number of benzene rings is 17. The third-order valence-corrected chi connectivity index (χ3v) is 29.9. The lowest BCUT2D eigenvalue weighted by Gasteiger charge is -2.46. The molecule has 0 atom stereocenters. The van der Waals surface area contributed by atoms with Crippen LogP contribution < -0.4 is 46.9 Å². The van der Waals surface area contributed by atoms with Crippen molar-refractivity contribution in [2.45, 2.75) is 78.6 Å². The fraction of sp³-hybridized carbons (Fsp3) is 0.105. The second kappa shape index (κ2) is 29.5. The van der Waals surface area contributed by atoms with E-state index in [4.69, 9.17) is 0 Å². The summed E-state index contributed by atoms with van der Waals surface area (Å²) in [5, 5.41) is 7.75. The van der Waals surface area contributed by atoms with Crippen LogP contribution in [0.3, 0.4) is 0 Å². The van der Waals surface area contributed by atoms with E-state index >= 15 is 0 Å². The average Bonchev–Trinajstić information content (AvgIpc) is 0.930. The van der Waals surface area contributed by atoms with Gasteiger partial charge in [0.25, 0.3) is 6.71 Å². The molecule has 3 nitrogen and oxygen atoms in total. The quantitative estimate of drug-likeness (QED) is 0.0794. The standard InChI is InChI=1S/C114H94BN3Si/c1-112(2,3)87-57-55-79(56-58-87)86-71-107-109-108(72-86)118(111-97(82-45-27-14-28-46-82)69-85(78-39-21-11-22-40-78)70-98(111)83-47-29-15-30-48-83)106-75-90(116-103-64-59-88(113(4,5)6)73-99(103)100-74-89(114(7,8)9)60-65-104(100)116)61-63-101(106)115(109)102-76-94(119(91-49-31-16-32-50-91,92-51-33-17-34-52-92)93-53-35-18-36-54-93)62-66-105(102)117(107)110-95(80-41-23-12-24-42-80)67-84(77-37-19-10-20-38-77)68-96(110)81-43-25-13-26-44-81/h10-76H,1-9H3. The minimum Gasteiger partial charge on any atom is -0.310 e. The fourth-order valence-electron chi connectivity index (χ4n) is 19.2. The first-order valence-electron chi connectivity index (χ1n) is 42.1. The van der Waals surface area contributed by atoms with Crippen molar-refractivity contribution >= 4 is 108 Å². The minimum atomic E-state index is -3.28. The lowest BCUT2D eigenvalue weighted by atomic mass is 9.33. The SMILES string of the molecule is CC(C)(C)c1ccc(-c2cc3c4c(c2)N(c2c(-c5ccccc5)cc(-c5ccccc5)cc2-c2ccccc2)c2cc(-n5c6ccc(C(C)(C)C)cc6c6cc(C(C)(C)C)ccc65)ccc2B4c2cc([Si](c4ccccc4)(c4ccccc4)c4ccccc4)ccc2N3c2c(-c3ccccc3)cc(-c3ccccc3)cc2-c2ccccc2)cc1. The van der Waals surface area contributed by atoms with Crippen LogP contribution in [0, 0.1) is 0 Å². The van der Waals surface area contributed by atoms with Gasteiger partial charge in [0.15, 0.2) is 8.07 Å². The molecule has 0 aliphatic carbocycles. The van der Waals surface area contributed by atoms with Gasteiger partial charge in [-0.2, -0.15) is 0 Å². The maximum atomic E-state index is 2.75. The van der Waals surface area contributed by atoms with Crippen LogP contribution in [0.1, 0.15) is 79.0 Å². The van der Waals surface area contributed by atoms with E-state index in [1.165, 1.54) is 75.6 Å². The number of rotatable bonds is 14. The topological polar surface area (TPSA) is 11.4 Å². The summed E-state index contributed by atoms with van der Waals surface area (Å²) < 4.78 is 2.58. The number of nitrogens with zero attached hydrogens (tertiary/aromatic N) is 3. The molecule has 2 aliphatic rings. The fourth-order valence-corrected chi connectivity index (χ4v) is 23.9. The number of aromatic nitrogens is 1. The van der Waals surface area contributed by atoms with Gasteiger partial charge in [0, 0.05) is 61.5 Å². The zero-order valence-electron chi connectivity index (χ0n) is 69.1. The Morgan fingerprint density at radius 2 is 0.555 bits per heavy atom. The van der Waals surface area contributed by atoms with Gasteiger partial charge in [-0.05, 0) is 205 Å². The van der Waals surface area contributed by atoms with E-state index in [0.29, 0.717) is 0 Å². The molecule has 20 rings (SSSR count). The van der Waals surface area contributed by atoms with Gasteiger partial charge in [-0.1, -0.05) is 390 Å². The smallest absolute Gasteiger partial charge is 0.252 e. The Morgan fingerprint density at radius 3 is 0.924 bits per heavy atom. The first-order valence-corrected chi connectivity index (χ1v) is 44.1. The zero-order valence-corrected chi connectivity index (χ0v) is 70.1. The van der Waals surface area contributed by atoms with Crippen LogP contribution in [0.4, 0.5) is 34.1 Å². The highest BCUT2D eigenvalue weighted by atomic mass is 28.3. The second-order valence-electron chi connectivity index (χ2n) is 35.6. The van der Waals surface area contributed by atoms with Crippen molar-refractivity contribution in [3.8, 4) is 83.6 Å². The van der Waals surface area contributed by atoms with Gasteiger partial charge in [0.1, 0.15) is 0 Å². The van der Waals surface area contributed by atoms with E-state index in [-0.39, 0.29) is 23.0 Å². The van der Waals surface area contributed by atoms with Crippen molar-refractivity contribution in [3.05, 3.63) is 423 Å². The summed E-state index contributed by atoms with van der Waals surface area (Å²) in [5.41, 5.74) is 33.1. The van der Waals surface area contributed by atoms with Crippen LogP contribution in [0.25, 0.3) is 105 Å². The highest BCUT2D eigenvalue weighted by Gasteiger charge is 2.49. The number of fused-ring (bicyclic) bond motifs is 7. The normalized spacial score (nSPS) is 12.7. The maximum Gasteiger partial charge on any atom is 0.252 e. The average molecular weight is 1540 g/mol. The molecule has 17 aromatic carbocycles. The summed E-state index contributed by atoms with van der Waals surface area (Å²) >= 11 is 0. The van der Waals surface area contributed by atoms with Gasteiger partial charge in [-0.3, -0.25) is 0 Å². The molecule has 0 spiro atoms. The molecule has 572 valence electrons. The molecule has 0 saturated heterocycles. The van der Waals surface area contributed by atoms with Gasteiger partial charge in [-0.25, -0.2) is 0 Å². The van der Waals surface area contributed by atoms with E-state index in [1.807, 2.05) is 0 Å². The van der Waals surface area contributed by atoms with E-state index < -0.39 is 8.07 Å². The van der Waals surface area contributed by atoms with Crippen LogP contribution in [0.15, 0.2) is 406 Å². The number of hydrogen-bond acceptors (Lipinski definition) is 2. The van der Waals surface area contributed by atoms with Crippen molar-refractivity contribution in [1.29, 1.82) is 0 Å². The largest absolute Gasteiger partial charge is 0.310 e. The first kappa shape index (κ1) is 74.3. The van der Waals surface area contributed by atoms with Crippen molar-refractivity contribution < 1.29 is 0 Å². The molecule has 0 bridgehead atoms.